The minimum absolute atomic E-state index is 0.160. The van der Waals surface area contributed by atoms with Gasteiger partial charge in [0.15, 0.2) is 5.76 Å². The lowest BCUT2D eigenvalue weighted by Gasteiger charge is -2.09. The number of hydrogen-bond acceptors (Lipinski definition) is 5. The molecule has 8 heteroatoms. The summed E-state index contributed by atoms with van der Waals surface area (Å²) in [4.78, 5) is 23.9. The number of aryl methyl sites for hydroxylation is 1. The van der Waals surface area contributed by atoms with E-state index in [0.717, 1.165) is 11.1 Å². The first-order chi connectivity index (χ1) is 16.4. The smallest absolute Gasteiger partial charge is 0.411 e. The standard InChI is InChI=1S/C26H21ClN2O5/c1-16-23(28-26(32)33-15-14-18-6-2-5-9-22(18)27)24(34-29-16)19-12-10-17(11-13-19)20-7-3-4-8-21(20)25(30)31/h2-13H,14-15H2,1H3,(H,28,32)(H,30,31). The predicted octanol–water partition coefficient (Wildman–Crippen LogP) is 6.46. The van der Waals surface area contributed by atoms with Crippen LogP contribution in [0.15, 0.2) is 77.3 Å². The van der Waals surface area contributed by atoms with Gasteiger partial charge in [-0.15, -0.1) is 0 Å². The van der Waals surface area contributed by atoms with Crippen LogP contribution in [0.3, 0.4) is 0 Å². The molecule has 0 aliphatic carbocycles. The molecule has 0 aliphatic rings. The molecule has 1 aromatic heterocycles. The first-order valence-electron chi connectivity index (χ1n) is 10.5. The van der Waals surface area contributed by atoms with Crippen molar-refractivity contribution in [1.29, 1.82) is 0 Å². The molecule has 0 atom stereocenters. The van der Waals surface area contributed by atoms with Gasteiger partial charge in [0.25, 0.3) is 0 Å². The van der Waals surface area contributed by atoms with Gasteiger partial charge in [0, 0.05) is 17.0 Å². The Morgan fingerprint density at radius 1 is 1.00 bits per heavy atom. The number of benzene rings is 3. The van der Waals surface area contributed by atoms with Crippen molar-refractivity contribution in [2.24, 2.45) is 0 Å². The summed E-state index contributed by atoms with van der Waals surface area (Å²) in [6.45, 7) is 1.87. The SMILES string of the molecule is Cc1noc(-c2ccc(-c3ccccc3C(=O)O)cc2)c1NC(=O)OCCc1ccccc1Cl. The Kier molecular flexibility index (Phi) is 6.94. The number of amides is 1. The largest absolute Gasteiger partial charge is 0.478 e. The monoisotopic (exact) mass is 476 g/mol. The van der Waals surface area contributed by atoms with Crippen LogP contribution in [0.1, 0.15) is 21.6 Å². The second kappa shape index (κ2) is 10.2. The molecule has 172 valence electrons. The van der Waals surface area contributed by atoms with Crippen molar-refractivity contribution in [2.45, 2.75) is 13.3 Å². The van der Waals surface area contributed by atoms with E-state index >= 15 is 0 Å². The third-order valence-electron chi connectivity index (χ3n) is 5.27. The van der Waals surface area contributed by atoms with Gasteiger partial charge in [-0.05, 0) is 35.7 Å². The Morgan fingerprint density at radius 3 is 2.41 bits per heavy atom. The molecule has 0 saturated heterocycles. The Labute approximate surface area is 200 Å². The fourth-order valence-electron chi connectivity index (χ4n) is 3.53. The van der Waals surface area contributed by atoms with Gasteiger partial charge >= 0.3 is 12.1 Å². The number of carbonyl (C=O) groups is 2. The van der Waals surface area contributed by atoms with Crippen molar-refractivity contribution in [3.05, 3.63) is 94.6 Å². The summed E-state index contributed by atoms with van der Waals surface area (Å²) in [5, 5.41) is 16.7. The minimum atomic E-state index is -0.995. The number of ether oxygens (including phenoxy) is 1. The molecular weight excluding hydrogens is 456 g/mol. The lowest BCUT2D eigenvalue weighted by Crippen LogP contribution is -2.16. The van der Waals surface area contributed by atoms with Crippen LogP contribution < -0.4 is 5.32 Å². The van der Waals surface area contributed by atoms with Crippen molar-refractivity contribution in [3.8, 4) is 22.5 Å². The van der Waals surface area contributed by atoms with Crippen LogP contribution in [0.5, 0.6) is 0 Å². The number of nitrogens with zero attached hydrogens (tertiary/aromatic N) is 1. The summed E-state index contributed by atoms with van der Waals surface area (Å²) in [7, 11) is 0. The number of carboxylic acid groups (broad SMARTS) is 1. The van der Waals surface area contributed by atoms with Gasteiger partial charge in [0.1, 0.15) is 11.4 Å². The molecule has 3 aromatic carbocycles. The number of carboxylic acids is 1. The van der Waals surface area contributed by atoms with Crippen LogP contribution in [-0.2, 0) is 11.2 Å². The maximum atomic E-state index is 12.4. The van der Waals surface area contributed by atoms with Gasteiger partial charge in [0.05, 0.1) is 12.2 Å². The lowest BCUT2D eigenvalue weighted by molar-refractivity contribution is 0.0697. The molecule has 1 amide bonds. The van der Waals surface area contributed by atoms with Crippen LogP contribution in [-0.4, -0.2) is 28.9 Å². The first-order valence-corrected chi connectivity index (χ1v) is 10.9. The topological polar surface area (TPSA) is 102 Å². The van der Waals surface area contributed by atoms with Crippen molar-refractivity contribution in [1.82, 2.24) is 5.16 Å². The van der Waals surface area contributed by atoms with Gasteiger partial charge in [-0.3, -0.25) is 5.32 Å². The molecule has 0 unspecified atom stereocenters. The normalized spacial score (nSPS) is 10.6. The average Bonchev–Trinajstić information content (AvgIpc) is 3.20. The third kappa shape index (κ3) is 5.10. The highest BCUT2D eigenvalue weighted by molar-refractivity contribution is 6.31. The number of aromatic carboxylic acids is 1. The molecule has 0 bridgehead atoms. The summed E-state index contributed by atoms with van der Waals surface area (Å²) in [6.07, 6.45) is -0.145. The summed E-state index contributed by atoms with van der Waals surface area (Å²) in [5.41, 5.74) is 4.03. The quantitative estimate of drug-likeness (QED) is 0.317. The van der Waals surface area contributed by atoms with E-state index < -0.39 is 12.1 Å². The van der Waals surface area contributed by atoms with Crippen LogP contribution >= 0.6 is 11.6 Å². The van der Waals surface area contributed by atoms with Gasteiger partial charge < -0.3 is 14.4 Å². The van der Waals surface area contributed by atoms with Crippen molar-refractivity contribution in [2.75, 3.05) is 11.9 Å². The highest BCUT2D eigenvalue weighted by Gasteiger charge is 2.19. The Hall–Kier alpha value is -4.10. The number of halogens is 1. The second-order valence-corrected chi connectivity index (χ2v) is 7.91. The number of rotatable bonds is 7. The van der Waals surface area contributed by atoms with E-state index in [1.54, 1.807) is 61.5 Å². The zero-order valence-electron chi connectivity index (χ0n) is 18.2. The van der Waals surface area contributed by atoms with Crippen LogP contribution in [0, 0.1) is 6.92 Å². The number of hydrogen-bond donors (Lipinski definition) is 2. The Balaban J connectivity index is 1.47. The molecule has 0 spiro atoms. The number of carbonyl (C=O) groups excluding carboxylic acids is 1. The van der Waals surface area contributed by atoms with Crippen molar-refractivity contribution < 1.29 is 24.0 Å². The zero-order valence-corrected chi connectivity index (χ0v) is 19.0. The predicted molar refractivity (Wildman–Crippen MR) is 129 cm³/mol. The molecular formula is C26H21ClN2O5. The van der Waals surface area contributed by atoms with Gasteiger partial charge in [-0.25, -0.2) is 9.59 Å². The molecule has 4 rings (SSSR count). The third-order valence-corrected chi connectivity index (χ3v) is 5.64. The molecule has 0 saturated carbocycles. The van der Waals surface area contributed by atoms with E-state index in [0.29, 0.717) is 39.7 Å². The van der Waals surface area contributed by atoms with E-state index in [2.05, 4.69) is 10.5 Å². The maximum absolute atomic E-state index is 12.4. The van der Waals surface area contributed by atoms with E-state index in [4.69, 9.17) is 20.9 Å². The molecule has 34 heavy (non-hydrogen) atoms. The van der Waals surface area contributed by atoms with Crippen molar-refractivity contribution >= 4 is 29.4 Å². The molecule has 0 radical (unpaired) electrons. The molecule has 1 heterocycles. The highest BCUT2D eigenvalue weighted by atomic mass is 35.5. The number of anilines is 1. The number of nitrogens with one attached hydrogen (secondary N) is 1. The van der Waals surface area contributed by atoms with Crippen LogP contribution in [0.4, 0.5) is 10.5 Å². The summed E-state index contributed by atoms with van der Waals surface area (Å²) >= 11 is 6.13. The number of aromatic nitrogens is 1. The fraction of sp³-hybridized carbons (Fsp3) is 0.115. The Bertz CT molecular complexity index is 1330. The molecule has 2 N–H and O–H groups in total. The molecule has 0 fully saturated rings. The average molecular weight is 477 g/mol. The van der Waals surface area contributed by atoms with E-state index in [9.17, 15) is 14.7 Å². The van der Waals surface area contributed by atoms with Crippen LogP contribution in [0.25, 0.3) is 22.5 Å². The van der Waals surface area contributed by atoms with E-state index in [1.165, 1.54) is 0 Å². The van der Waals surface area contributed by atoms with Gasteiger partial charge in [-0.2, -0.15) is 0 Å². The van der Waals surface area contributed by atoms with Gasteiger partial charge in [0.2, 0.25) is 0 Å². The minimum Gasteiger partial charge on any atom is -0.478 e. The van der Waals surface area contributed by atoms with E-state index in [-0.39, 0.29) is 12.2 Å². The fourth-order valence-corrected chi connectivity index (χ4v) is 3.76. The summed E-state index contributed by atoms with van der Waals surface area (Å²) in [6, 6.07) is 21.3. The molecule has 0 aliphatic heterocycles. The Morgan fingerprint density at radius 2 is 1.68 bits per heavy atom. The first kappa shape index (κ1) is 23.1. The summed E-state index contributed by atoms with van der Waals surface area (Å²) in [5.74, 6) is -0.622. The van der Waals surface area contributed by atoms with Crippen LogP contribution in [0.2, 0.25) is 5.02 Å². The summed E-state index contributed by atoms with van der Waals surface area (Å²) < 4.78 is 10.7. The van der Waals surface area contributed by atoms with E-state index in [1.807, 2.05) is 18.2 Å². The van der Waals surface area contributed by atoms with Crippen molar-refractivity contribution in [3.63, 3.8) is 0 Å². The molecule has 4 aromatic rings. The second-order valence-electron chi connectivity index (χ2n) is 7.50. The lowest BCUT2D eigenvalue weighted by atomic mass is 9.98. The van der Waals surface area contributed by atoms with Gasteiger partial charge in [-0.1, -0.05) is 77.4 Å². The zero-order chi connectivity index (χ0) is 24.1. The maximum Gasteiger partial charge on any atom is 0.411 e. The molecule has 7 nitrogen and oxygen atoms in total. The highest BCUT2D eigenvalue weighted by Crippen LogP contribution is 2.33.